The molecule has 2 aromatic rings. The Morgan fingerprint density at radius 3 is 2.57 bits per heavy atom. The maximum absolute atomic E-state index is 12.8. The average molecular weight is 402 g/mol. The molecule has 28 heavy (non-hydrogen) atoms. The zero-order valence-electron chi connectivity index (χ0n) is 15.4. The summed E-state index contributed by atoms with van der Waals surface area (Å²) in [6.07, 6.45) is 0. The number of thiophene rings is 1. The van der Waals surface area contributed by atoms with Crippen LogP contribution in [-0.2, 0) is 9.59 Å². The highest BCUT2D eigenvalue weighted by atomic mass is 32.1. The van der Waals surface area contributed by atoms with Crippen molar-refractivity contribution in [3.05, 3.63) is 57.8 Å². The molecular weight excluding hydrogens is 380 g/mol. The monoisotopic (exact) mass is 402 g/mol. The Balaban J connectivity index is 1.99. The number of methoxy groups -OCH3 is 1. The first-order valence-corrected chi connectivity index (χ1v) is 9.74. The number of nitrogens with zero attached hydrogens (tertiary/aromatic N) is 1. The van der Waals surface area contributed by atoms with Gasteiger partial charge in [-0.3, -0.25) is 9.59 Å². The fraction of sp³-hybridized carbons (Fsp3) is 0.300. The van der Waals surface area contributed by atoms with Gasteiger partial charge in [0.25, 0.3) is 11.7 Å². The van der Waals surface area contributed by atoms with Crippen LogP contribution in [0.25, 0.3) is 5.76 Å². The summed E-state index contributed by atoms with van der Waals surface area (Å²) in [6, 6.07) is 9.71. The van der Waals surface area contributed by atoms with E-state index < -0.39 is 17.7 Å². The molecule has 1 aliphatic rings. The van der Waals surface area contributed by atoms with Crippen LogP contribution in [0.5, 0.6) is 5.75 Å². The van der Waals surface area contributed by atoms with E-state index in [-0.39, 0.29) is 24.5 Å². The van der Waals surface area contributed by atoms with Crippen molar-refractivity contribution in [2.45, 2.75) is 6.04 Å². The summed E-state index contributed by atoms with van der Waals surface area (Å²) in [5, 5.41) is 24.6. The third-order valence-corrected chi connectivity index (χ3v) is 5.46. The predicted octanol–water partition coefficient (Wildman–Crippen LogP) is 1.76. The highest BCUT2D eigenvalue weighted by Gasteiger charge is 2.46. The normalized spacial score (nSPS) is 18.6. The number of carbonyl (C=O) groups is 2. The van der Waals surface area contributed by atoms with Crippen LogP contribution in [0.1, 0.15) is 16.5 Å². The molecule has 1 atom stereocenters. The second kappa shape index (κ2) is 9.01. The number of aliphatic hydroxyl groups excluding tert-OH is 2. The highest BCUT2D eigenvalue weighted by molar-refractivity contribution is 7.10. The van der Waals surface area contributed by atoms with E-state index in [1.807, 2.05) is 17.5 Å². The van der Waals surface area contributed by atoms with Gasteiger partial charge < -0.3 is 25.2 Å². The van der Waals surface area contributed by atoms with Gasteiger partial charge in [0, 0.05) is 30.1 Å². The zero-order chi connectivity index (χ0) is 20.1. The van der Waals surface area contributed by atoms with Crippen LogP contribution in [0.15, 0.2) is 47.4 Å². The fourth-order valence-electron chi connectivity index (χ4n) is 3.16. The Hall–Kier alpha value is -2.68. The molecule has 1 aliphatic heterocycles. The fourth-order valence-corrected chi connectivity index (χ4v) is 4.01. The molecule has 8 heteroatoms. The summed E-state index contributed by atoms with van der Waals surface area (Å²) in [7, 11) is 1.54. The molecule has 7 nitrogen and oxygen atoms in total. The molecule has 0 saturated carbocycles. The molecule has 1 aromatic carbocycles. The maximum atomic E-state index is 12.8. The number of amides is 1. The zero-order valence-corrected chi connectivity index (χ0v) is 16.2. The van der Waals surface area contributed by atoms with E-state index in [4.69, 9.17) is 9.84 Å². The maximum Gasteiger partial charge on any atom is 0.295 e. The molecule has 1 saturated heterocycles. The third kappa shape index (κ3) is 3.94. The average Bonchev–Trinajstić information content (AvgIpc) is 3.33. The first kappa shape index (κ1) is 20.1. The molecule has 0 spiro atoms. The van der Waals surface area contributed by atoms with Gasteiger partial charge in [-0.25, -0.2) is 0 Å². The van der Waals surface area contributed by atoms with Crippen molar-refractivity contribution in [1.82, 2.24) is 10.2 Å². The highest BCUT2D eigenvalue weighted by Crippen LogP contribution is 2.40. The second-order valence-corrected chi connectivity index (χ2v) is 7.19. The van der Waals surface area contributed by atoms with E-state index in [9.17, 15) is 14.7 Å². The number of aliphatic hydroxyl groups is 2. The van der Waals surface area contributed by atoms with Crippen LogP contribution in [-0.4, -0.2) is 60.2 Å². The molecule has 3 N–H and O–H groups in total. The van der Waals surface area contributed by atoms with Gasteiger partial charge in [0.05, 0.1) is 25.3 Å². The van der Waals surface area contributed by atoms with Gasteiger partial charge in [0.1, 0.15) is 11.5 Å². The van der Waals surface area contributed by atoms with Crippen molar-refractivity contribution in [2.24, 2.45) is 0 Å². The van der Waals surface area contributed by atoms with Crippen LogP contribution < -0.4 is 10.1 Å². The van der Waals surface area contributed by atoms with E-state index in [1.54, 1.807) is 31.4 Å². The number of carbonyl (C=O) groups excluding carboxylic acids is 2. The number of hydrogen-bond donors (Lipinski definition) is 3. The van der Waals surface area contributed by atoms with Crippen molar-refractivity contribution in [1.29, 1.82) is 0 Å². The van der Waals surface area contributed by atoms with Crippen LogP contribution in [0, 0.1) is 0 Å². The lowest BCUT2D eigenvalue weighted by Crippen LogP contribution is -2.36. The SMILES string of the molecule is COc1ccc(C(O)=C2C(=O)C(=O)N(CCNCCO)[C@H]2c2cccs2)cc1. The smallest absolute Gasteiger partial charge is 0.295 e. The Morgan fingerprint density at radius 1 is 1.21 bits per heavy atom. The Kier molecular flexibility index (Phi) is 6.45. The minimum atomic E-state index is -0.700. The van der Waals surface area contributed by atoms with Crippen molar-refractivity contribution in [2.75, 3.05) is 33.4 Å². The van der Waals surface area contributed by atoms with Crippen molar-refractivity contribution in [3.63, 3.8) is 0 Å². The molecule has 0 radical (unpaired) electrons. The number of benzene rings is 1. The Labute approximate surface area is 166 Å². The summed E-state index contributed by atoms with van der Waals surface area (Å²) in [4.78, 5) is 27.7. The van der Waals surface area contributed by atoms with E-state index >= 15 is 0 Å². The van der Waals surface area contributed by atoms with Gasteiger partial charge in [0.2, 0.25) is 0 Å². The lowest BCUT2D eigenvalue weighted by molar-refractivity contribution is -0.139. The molecule has 2 heterocycles. The van der Waals surface area contributed by atoms with Crippen LogP contribution in [0.4, 0.5) is 0 Å². The number of Topliss-reactive ketones (excluding diaryl/α,β-unsaturated/α-hetero) is 1. The summed E-state index contributed by atoms with van der Waals surface area (Å²) in [6.45, 7) is 1.11. The molecule has 0 unspecified atom stereocenters. The number of ketones is 1. The molecule has 3 rings (SSSR count). The van der Waals surface area contributed by atoms with E-state index in [1.165, 1.54) is 16.2 Å². The second-order valence-electron chi connectivity index (χ2n) is 6.21. The van der Waals surface area contributed by atoms with Gasteiger partial charge in [0.15, 0.2) is 0 Å². The molecule has 0 aliphatic carbocycles. The standard InChI is InChI=1S/C20H22N2O5S/c1-27-14-6-4-13(5-7-14)18(24)16-17(15-3-2-12-28-15)22(20(26)19(16)25)10-8-21-9-11-23/h2-7,12,17,21,23-24H,8-11H2,1H3/t17-/m0/s1. The Morgan fingerprint density at radius 2 is 1.96 bits per heavy atom. The molecular formula is C20H22N2O5S. The van der Waals surface area contributed by atoms with Gasteiger partial charge >= 0.3 is 0 Å². The summed E-state index contributed by atoms with van der Waals surface area (Å²) in [5.74, 6) is -0.917. The molecule has 1 amide bonds. The summed E-state index contributed by atoms with van der Waals surface area (Å²) < 4.78 is 5.12. The van der Waals surface area contributed by atoms with E-state index in [0.717, 1.165) is 4.88 Å². The first-order chi connectivity index (χ1) is 13.6. The Bertz CT molecular complexity index is 861. The quantitative estimate of drug-likeness (QED) is 0.269. The molecule has 148 valence electrons. The largest absolute Gasteiger partial charge is 0.507 e. The van der Waals surface area contributed by atoms with Crippen molar-refractivity contribution < 1.29 is 24.5 Å². The van der Waals surface area contributed by atoms with Crippen molar-refractivity contribution in [3.8, 4) is 5.75 Å². The van der Waals surface area contributed by atoms with Gasteiger partial charge in [-0.05, 0) is 35.7 Å². The minimum Gasteiger partial charge on any atom is -0.507 e. The topological polar surface area (TPSA) is 99.1 Å². The number of nitrogens with one attached hydrogen (secondary N) is 1. The molecule has 0 bridgehead atoms. The summed E-state index contributed by atoms with van der Waals surface area (Å²) in [5.41, 5.74) is 0.526. The minimum absolute atomic E-state index is 0.00928. The third-order valence-electron chi connectivity index (χ3n) is 4.53. The van der Waals surface area contributed by atoms with Crippen LogP contribution in [0.3, 0.4) is 0 Å². The molecule has 1 aromatic heterocycles. The predicted molar refractivity (Wildman–Crippen MR) is 106 cm³/mol. The number of likely N-dealkylation sites (tertiary alicyclic amines) is 1. The molecule has 1 fully saturated rings. The first-order valence-electron chi connectivity index (χ1n) is 8.86. The number of hydrogen-bond acceptors (Lipinski definition) is 7. The summed E-state index contributed by atoms with van der Waals surface area (Å²) >= 11 is 1.42. The van der Waals surface area contributed by atoms with E-state index in [2.05, 4.69) is 5.32 Å². The number of rotatable bonds is 8. The number of ether oxygens (including phenoxy) is 1. The lowest BCUT2D eigenvalue weighted by atomic mass is 10.00. The van der Waals surface area contributed by atoms with Gasteiger partial charge in [-0.15, -0.1) is 11.3 Å². The van der Waals surface area contributed by atoms with Crippen LogP contribution >= 0.6 is 11.3 Å². The van der Waals surface area contributed by atoms with Crippen LogP contribution in [0.2, 0.25) is 0 Å². The van der Waals surface area contributed by atoms with Crippen molar-refractivity contribution >= 4 is 28.8 Å². The van der Waals surface area contributed by atoms with E-state index in [0.29, 0.717) is 24.4 Å². The van der Waals surface area contributed by atoms with Gasteiger partial charge in [-0.1, -0.05) is 6.07 Å². The lowest BCUT2D eigenvalue weighted by Gasteiger charge is -2.24. The van der Waals surface area contributed by atoms with Gasteiger partial charge in [-0.2, -0.15) is 0 Å².